The van der Waals surface area contributed by atoms with Crippen LogP contribution in [0.15, 0.2) is 53.4 Å². The molecule has 2 aliphatic rings. The first kappa shape index (κ1) is 23.7. The highest BCUT2D eigenvalue weighted by molar-refractivity contribution is 7.92. The number of sulfonamides is 1. The van der Waals surface area contributed by atoms with E-state index in [0.29, 0.717) is 18.7 Å². The number of amides is 1. The van der Waals surface area contributed by atoms with Gasteiger partial charge in [0.05, 0.1) is 10.6 Å². The maximum Gasteiger partial charge on any atom is 0.262 e. The Bertz CT molecular complexity index is 1070. The normalized spacial score (nSPS) is 18.6. The summed E-state index contributed by atoms with van der Waals surface area (Å²) in [6.45, 7) is 4.23. The SMILES string of the molecule is O=C(c1cccc(S(=O)(=O)Nc2ccccc2F)c1)N1CCCN(CC2CCCCC2)CC1. The van der Waals surface area contributed by atoms with E-state index in [4.69, 9.17) is 0 Å². The van der Waals surface area contributed by atoms with Crippen LogP contribution < -0.4 is 4.72 Å². The predicted octanol–water partition coefficient (Wildman–Crippen LogP) is 4.35. The number of hydrogen-bond donors (Lipinski definition) is 1. The smallest absolute Gasteiger partial charge is 0.262 e. The number of anilines is 1. The highest BCUT2D eigenvalue weighted by Crippen LogP contribution is 2.25. The van der Waals surface area contributed by atoms with Gasteiger partial charge in [-0.05, 0) is 62.1 Å². The summed E-state index contributed by atoms with van der Waals surface area (Å²) in [7, 11) is -4.02. The molecule has 2 aromatic carbocycles. The van der Waals surface area contributed by atoms with E-state index in [-0.39, 0.29) is 16.5 Å². The fourth-order valence-corrected chi connectivity index (χ4v) is 5.93. The van der Waals surface area contributed by atoms with Gasteiger partial charge in [0.2, 0.25) is 0 Å². The van der Waals surface area contributed by atoms with Crippen LogP contribution in [0, 0.1) is 11.7 Å². The Morgan fingerprint density at radius 3 is 2.52 bits per heavy atom. The molecule has 1 amide bonds. The second kappa shape index (κ2) is 10.7. The lowest BCUT2D eigenvalue weighted by Crippen LogP contribution is -2.37. The molecule has 6 nitrogen and oxygen atoms in total. The van der Waals surface area contributed by atoms with Crippen LogP contribution in [0.4, 0.5) is 10.1 Å². The molecule has 1 aliphatic carbocycles. The molecule has 0 radical (unpaired) electrons. The van der Waals surface area contributed by atoms with Gasteiger partial charge in [0, 0.05) is 31.7 Å². The number of nitrogens with zero attached hydrogens (tertiary/aromatic N) is 2. The fraction of sp³-hybridized carbons (Fsp3) is 0.480. The predicted molar refractivity (Wildman–Crippen MR) is 127 cm³/mol. The van der Waals surface area contributed by atoms with Crippen molar-refractivity contribution in [3.63, 3.8) is 0 Å². The van der Waals surface area contributed by atoms with Gasteiger partial charge in [0.25, 0.3) is 15.9 Å². The van der Waals surface area contributed by atoms with Gasteiger partial charge in [-0.2, -0.15) is 0 Å². The Balaban J connectivity index is 1.41. The van der Waals surface area contributed by atoms with E-state index in [9.17, 15) is 17.6 Å². The molecule has 8 heteroatoms. The van der Waals surface area contributed by atoms with Crippen LogP contribution in [0.25, 0.3) is 0 Å². The maximum absolute atomic E-state index is 13.9. The molecule has 0 atom stereocenters. The average molecular weight is 474 g/mol. The van der Waals surface area contributed by atoms with Crippen molar-refractivity contribution < 1.29 is 17.6 Å². The summed E-state index contributed by atoms with van der Waals surface area (Å²) in [6, 6.07) is 11.6. The minimum absolute atomic E-state index is 0.0645. The van der Waals surface area contributed by atoms with Crippen molar-refractivity contribution in [2.45, 2.75) is 43.4 Å². The molecule has 1 saturated heterocycles. The van der Waals surface area contributed by atoms with Gasteiger partial charge in [0.1, 0.15) is 5.82 Å². The van der Waals surface area contributed by atoms with Crippen LogP contribution in [-0.2, 0) is 10.0 Å². The first-order valence-corrected chi connectivity index (χ1v) is 13.3. The summed E-state index contributed by atoms with van der Waals surface area (Å²) >= 11 is 0. The number of halogens is 1. The van der Waals surface area contributed by atoms with E-state index >= 15 is 0 Å². The molecule has 4 rings (SSSR count). The number of carbonyl (C=O) groups excluding carboxylic acids is 1. The van der Waals surface area contributed by atoms with Gasteiger partial charge in [0.15, 0.2) is 0 Å². The number of benzene rings is 2. The second-order valence-corrected chi connectivity index (χ2v) is 10.7. The van der Waals surface area contributed by atoms with Crippen molar-refractivity contribution in [2.24, 2.45) is 5.92 Å². The first-order valence-electron chi connectivity index (χ1n) is 11.8. The first-order chi connectivity index (χ1) is 15.9. The number of para-hydroxylation sites is 1. The molecule has 0 spiro atoms. The van der Waals surface area contributed by atoms with E-state index in [1.54, 1.807) is 18.2 Å². The third-order valence-electron chi connectivity index (χ3n) is 6.63. The Morgan fingerprint density at radius 2 is 1.73 bits per heavy atom. The molecule has 33 heavy (non-hydrogen) atoms. The largest absolute Gasteiger partial charge is 0.337 e. The molecule has 0 unspecified atom stereocenters. The van der Waals surface area contributed by atoms with E-state index in [1.165, 1.54) is 62.4 Å². The highest BCUT2D eigenvalue weighted by Gasteiger charge is 2.24. The molecule has 2 aromatic rings. The lowest BCUT2D eigenvalue weighted by atomic mass is 9.89. The van der Waals surface area contributed by atoms with Crippen molar-refractivity contribution in [1.29, 1.82) is 0 Å². The summed E-state index contributed by atoms with van der Waals surface area (Å²) in [5, 5.41) is 0. The molecule has 2 fully saturated rings. The maximum atomic E-state index is 13.9. The van der Waals surface area contributed by atoms with Crippen LogP contribution in [0.3, 0.4) is 0 Å². The summed E-state index contributed by atoms with van der Waals surface area (Å²) < 4.78 is 41.7. The van der Waals surface area contributed by atoms with Crippen molar-refractivity contribution in [1.82, 2.24) is 9.80 Å². The summed E-state index contributed by atoms with van der Waals surface area (Å²) in [6.07, 6.45) is 7.53. The minimum Gasteiger partial charge on any atom is -0.337 e. The fourth-order valence-electron chi connectivity index (χ4n) is 4.82. The zero-order chi connectivity index (χ0) is 23.3. The number of hydrogen-bond acceptors (Lipinski definition) is 4. The van der Waals surface area contributed by atoms with Crippen LogP contribution in [0.2, 0.25) is 0 Å². The monoisotopic (exact) mass is 473 g/mol. The molecular formula is C25H32FN3O3S. The van der Waals surface area contributed by atoms with Gasteiger partial charge in [-0.3, -0.25) is 9.52 Å². The van der Waals surface area contributed by atoms with Crippen LogP contribution >= 0.6 is 0 Å². The zero-order valence-corrected chi connectivity index (χ0v) is 19.7. The molecule has 0 bridgehead atoms. The van der Waals surface area contributed by atoms with Crippen LogP contribution in [0.1, 0.15) is 48.9 Å². The Labute approximate surface area is 195 Å². The third kappa shape index (κ3) is 6.12. The van der Waals surface area contributed by atoms with Gasteiger partial charge >= 0.3 is 0 Å². The second-order valence-electron chi connectivity index (χ2n) is 9.06. The topological polar surface area (TPSA) is 69.7 Å². The highest BCUT2D eigenvalue weighted by atomic mass is 32.2. The molecule has 178 valence electrons. The molecule has 0 aromatic heterocycles. The van der Waals surface area contributed by atoms with E-state index in [1.807, 2.05) is 4.90 Å². The molecular weight excluding hydrogens is 441 g/mol. The standard InChI is InChI=1S/C25H32FN3O3S/c26-23-12-4-5-13-24(23)27-33(31,32)22-11-6-10-21(18-22)25(30)29-15-7-14-28(16-17-29)19-20-8-2-1-3-9-20/h4-6,10-13,18,20,27H,1-3,7-9,14-17,19H2. The Morgan fingerprint density at radius 1 is 0.939 bits per heavy atom. The molecule has 1 N–H and O–H groups in total. The zero-order valence-electron chi connectivity index (χ0n) is 18.9. The van der Waals surface area contributed by atoms with Crippen molar-refractivity contribution in [3.8, 4) is 0 Å². The van der Waals surface area contributed by atoms with Crippen LogP contribution in [-0.4, -0.2) is 56.8 Å². The van der Waals surface area contributed by atoms with E-state index in [2.05, 4.69) is 9.62 Å². The van der Waals surface area contributed by atoms with Gasteiger partial charge in [-0.15, -0.1) is 0 Å². The van der Waals surface area contributed by atoms with Gasteiger partial charge < -0.3 is 9.80 Å². The molecule has 1 heterocycles. The van der Waals surface area contributed by atoms with Gasteiger partial charge in [-0.1, -0.05) is 37.5 Å². The summed E-state index contributed by atoms with van der Waals surface area (Å²) in [5.41, 5.74) is 0.201. The quantitative estimate of drug-likeness (QED) is 0.677. The Kier molecular flexibility index (Phi) is 7.65. The number of carbonyl (C=O) groups is 1. The lowest BCUT2D eigenvalue weighted by Gasteiger charge is -2.28. The van der Waals surface area contributed by atoms with Crippen molar-refractivity contribution in [3.05, 3.63) is 59.9 Å². The Hall–Kier alpha value is -2.45. The van der Waals surface area contributed by atoms with E-state index < -0.39 is 15.8 Å². The summed E-state index contributed by atoms with van der Waals surface area (Å²) in [5.74, 6) is -0.0575. The van der Waals surface area contributed by atoms with Crippen molar-refractivity contribution >= 4 is 21.6 Å². The number of rotatable bonds is 6. The molecule has 1 saturated carbocycles. The lowest BCUT2D eigenvalue weighted by molar-refractivity contribution is 0.0759. The number of nitrogens with one attached hydrogen (secondary N) is 1. The third-order valence-corrected chi connectivity index (χ3v) is 7.99. The summed E-state index contributed by atoms with van der Waals surface area (Å²) in [4.78, 5) is 17.4. The van der Waals surface area contributed by atoms with Gasteiger partial charge in [-0.25, -0.2) is 12.8 Å². The van der Waals surface area contributed by atoms with Crippen molar-refractivity contribution in [2.75, 3.05) is 37.4 Å². The average Bonchev–Trinajstić information content (AvgIpc) is 3.06. The molecule has 1 aliphatic heterocycles. The minimum atomic E-state index is -4.02. The van der Waals surface area contributed by atoms with Crippen LogP contribution in [0.5, 0.6) is 0 Å². The van der Waals surface area contributed by atoms with E-state index in [0.717, 1.165) is 32.0 Å².